The summed E-state index contributed by atoms with van der Waals surface area (Å²) in [5.74, 6) is -2.96. The van der Waals surface area contributed by atoms with E-state index in [1.807, 2.05) is 0 Å². The van der Waals surface area contributed by atoms with Gasteiger partial charge in [0.25, 0.3) is 0 Å². The van der Waals surface area contributed by atoms with Gasteiger partial charge in [-0.25, -0.2) is 22.8 Å². The van der Waals surface area contributed by atoms with Crippen LogP contribution in [0.5, 0.6) is 0 Å². The van der Waals surface area contributed by atoms with Crippen LogP contribution >= 0.6 is 11.6 Å². The fourth-order valence-corrected chi connectivity index (χ4v) is 3.50. The van der Waals surface area contributed by atoms with Crippen LogP contribution in [0.1, 0.15) is 24.2 Å². The van der Waals surface area contributed by atoms with E-state index in [0.717, 1.165) is 6.07 Å². The lowest BCUT2D eigenvalue weighted by atomic mass is 9.80. The first-order valence-electron chi connectivity index (χ1n) is 9.20. The number of aromatic nitrogens is 4. The molecule has 31 heavy (non-hydrogen) atoms. The van der Waals surface area contributed by atoms with E-state index in [9.17, 15) is 18.3 Å². The molecule has 4 rings (SSSR count). The number of hydrogen-bond donors (Lipinski definition) is 1. The Bertz CT molecular complexity index is 1220. The van der Waals surface area contributed by atoms with Crippen molar-refractivity contribution in [2.24, 2.45) is 0 Å². The monoisotopic (exact) mass is 448 g/mol. The zero-order valence-electron chi connectivity index (χ0n) is 16.1. The third-order valence-electron chi connectivity index (χ3n) is 5.15. The molecule has 2 aromatic carbocycles. The molecular formula is C21H16ClF3N4O2. The van der Waals surface area contributed by atoms with Crippen molar-refractivity contribution < 1.29 is 22.8 Å². The van der Waals surface area contributed by atoms with Gasteiger partial charge >= 0.3 is 0 Å². The molecule has 0 saturated carbocycles. The van der Waals surface area contributed by atoms with E-state index in [1.165, 1.54) is 41.6 Å². The molecule has 0 aliphatic heterocycles. The molecule has 0 aliphatic carbocycles. The normalized spacial score (nSPS) is 14.4. The highest BCUT2D eigenvalue weighted by atomic mass is 35.5. The Balaban J connectivity index is 1.75. The second-order valence-electron chi connectivity index (χ2n) is 7.11. The van der Waals surface area contributed by atoms with Crippen molar-refractivity contribution in [2.75, 3.05) is 0 Å². The minimum absolute atomic E-state index is 0.0326. The Labute approximate surface area is 179 Å². The van der Waals surface area contributed by atoms with Crippen LogP contribution in [0.3, 0.4) is 0 Å². The van der Waals surface area contributed by atoms with Crippen LogP contribution < -0.4 is 0 Å². The van der Waals surface area contributed by atoms with Gasteiger partial charge in [-0.3, -0.25) is 0 Å². The van der Waals surface area contributed by atoms with E-state index >= 15 is 0 Å². The van der Waals surface area contributed by atoms with Gasteiger partial charge in [0, 0.05) is 23.3 Å². The smallest absolute Gasteiger partial charge is 0.143 e. The molecule has 0 spiro atoms. The molecule has 0 radical (unpaired) electrons. The average molecular weight is 449 g/mol. The number of benzene rings is 2. The number of halogens is 4. The fraction of sp³-hybridized carbons (Fsp3) is 0.190. The molecule has 2 atom stereocenters. The third-order valence-corrected chi connectivity index (χ3v) is 5.46. The van der Waals surface area contributed by atoms with E-state index < -0.39 is 29.0 Å². The molecule has 0 amide bonds. The largest absolute Gasteiger partial charge is 0.382 e. The van der Waals surface area contributed by atoms with Crippen LogP contribution in [0.4, 0.5) is 13.2 Å². The maximum absolute atomic E-state index is 14.7. The topological polar surface area (TPSA) is 77.0 Å². The minimum Gasteiger partial charge on any atom is -0.382 e. The van der Waals surface area contributed by atoms with E-state index in [1.54, 1.807) is 13.0 Å². The SMILES string of the molecule is C[C@@H](c1cc(-c2ccc(Cl)c(F)c2)no1)[C@](O)(Cn1cncn1)c1ccc(F)cc1F. The summed E-state index contributed by atoms with van der Waals surface area (Å²) >= 11 is 5.72. The van der Waals surface area contributed by atoms with Crippen molar-refractivity contribution in [3.63, 3.8) is 0 Å². The summed E-state index contributed by atoms with van der Waals surface area (Å²) in [5.41, 5.74) is -1.32. The number of nitrogens with zero attached hydrogens (tertiary/aromatic N) is 4. The van der Waals surface area contributed by atoms with Crippen molar-refractivity contribution in [3.05, 3.63) is 88.9 Å². The summed E-state index contributed by atoms with van der Waals surface area (Å²) < 4.78 is 48.7. The summed E-state index contributed by atoms with van der Waals surface area (Å²) in [4.78, 5) is 3.83. The van der Waals surface area contributed by atoms with Crippen LogP contribution in [0, 0.1) is 17.5 Å². The van der Waals surface area contributed by atoms with Gasteiger partial charge in [0.15, 0.2) is 0 Å². The van der Waals surface area contributed by atoms with E-state index in [4.69, 9.17) is 16.1 Å². The lowest BCUT2D eigenvalue weighted by molar-refractivity contribution is -0.0181. The molecular weight excluding hydrogens is 433 g/mol. The quantitative estimate of drug-likeness (QED) is 0.463. The first-order chi connectivity index (χ1) is 14.8. The summed E-state index contributed by atoms with van der Waals surface area (Å²) in [6.45, 7) is 1.41. The summed E-state index contributed by atoms with van der Waals surface area (Å²) in [6, 6.07) is 8.59. The Morgan fingerprint density at radius 2 is 1.94 bits per heavy atom. The highest BCUT2D eigenvalue weighted by Crippen LogP contribution is 2.40. The Morgan fingerprint density at radius 3 is 2.61 bits per heavy atom. The molecule has 0 unspecified atom stereocenters. The molecule has 0 aliphatic rings. The third kappa shape index (κ3) is 4.06. The Morgan fingerprint density at radius 1 is 1.13 bits per heavy atom. The highest BCUT2D eigenvalue weighted by Gasteiger charge is 2.42. The fourth-order valence-electron chi connectivity index (χ4n) is 3.38. The summed E-state index contributed by atoms with van der Waals surface area (Å²) in [6.07, 6.45) is 2.63. The second-order valence-corrected chi connectivity index (χ2v) is 7.51. The molecule has 0 fully saturated rings. The zero-order chi connectivity index (χ0) is 22.2. The van der Waals surface area contributed by atoms with E-state index in [0.29, 0.717) is 17.3 Å². The number of aliphatic hydroxyl groups is 1. The first-order valence-corrected chi connectivity index (χ1v) is 9.58. The lowest BCUT2D eigenvalue weighted by Gasteiger charge is -2.33. The lowest BCUT2D eigenvalue weighted by Crippen LogP contribution is -2.38. The van der Waals surface area contributed by atoms with Crippen molar-refractivity contribution >= 4 is 11.6 Å². The van der Waals surface area contributed by atoms with E-state index in [-0.39, 0.29) is 22.9 Å². The molecule has 2 aromatic heterocycles. The standard InChI is InChI=1S/C21H16ClF3N4O2/c1-12(20-8-19(28-31-20)13-2-5-16(22)18(25)6-13)21(30,9-29-11-26-10-27-29)15-4-3-14(23)7-17(15)24/h2-8,10-12,30H,9H2,1H3/t12-,21+/m0/s1. The molecule has 4 aromatic rings. The van der Waals surface area contributed by atoms with Gasteiger partial charge in [-0.2, -0.15) is 5.10 Å². The molecule has 1 N–H and O–H groups in total. The first kappa shape index (κ1) is 21.1. The predicted molar refractivity (Wildman–Crippen MR) is 106 cm³/mol. The second kappa shape index (κ2) is 8.16. The van der Waals surface area contributed by atoms with Crippen LogP contribution in [0.25, 0.3) is 11.3 Å². The van der Waals surface area contributed by atoms with Gasteiger partial charge in [-0.05, 0) is 18.2 Å². The molecule has 10 heteroatoms. The Hall–Kier alpha value is -3.17. The number of hydrogen-bond acceptors (Lipinski definition) is 5. The predicted octanol–water partition coefficient (Wildman–Crippen LogP) is 4.70. The summed E-state index contributed by atoms with van der Waals surface area (Å²) in [5, 5.41) is 19.5. The van der Waals surface area contributed by atoms with Crippen molar-refractivity contribution in [1.29, 1.82) is 0 Å². The molecule has 2 heterocycles. The highest BCUT2D eigenvalue weighted by molar-refractivity contribution is 6.30. The molecule has 0 bridgehead atoms. The Kier molecular flexibility index (Phi) is 5.55. The van der Waals surface area contributed by atoms with E-state index in [2.05, 4.69) is 15.2 Å². The van der Waals surface area contributed by atoms with Gasteiger partial charge < -0.3 is 9.63 Å². The van der Waals surface area contributed by atoms with Crippen molar-refractivity contribution in [2.45, 2.75) is 25.0 Å². The van der Waals surface area contributed by atoms with Crippen molar-refractivity contribution in [1.82, 2.24) is 19.9 Å². The minimum atomic E-state index is -1.90. The van der Waals surface area contributed by atoms with Gasteiger partial charge in [-0.15, -0.1) is 0 Å². The van der Waals surface area contributed by atoms with Crippen molar-refractivity contribution in [3.8, 4) is 11.3 Å². The van der Waals surface area contributed by atoms with Gasteiger partial charge in [0.1, 0.15) is 47.2 Å². The van der Waals surface area contributed by atoms with Crippen LogP contribution in [0.2, 0.25) is 5.02 Å². The maximum atomic E-state index is 14.7. The number of rotatable bonds is 6. The zero-order valence-corrected chi connectivity index (χ0v) is 16.9. The van der Waals surface area contributed by atoms with Crippen LogP contribution in [-0.2, 0) is 12.1 Å². The molecule has 6 nitrogen and oxygen atoms in total. The van der Waals surface area contributed by atoms with Gasteiger partial charge in [0.2, 0.25) is 0 Å². The van der Waals surface area contributed by atoms with Crippen LogP contribution in [-0.4, -0.2) is 25.0 Å². The average Bonchev–Trinajstić information content (AvgIpc) is 3.41. The van der Waals surface area contributed by atoms with Gasteiger partial charge in [-0.1, -0.05) is 35.8 Å². The van der Waals surface area contributed by atoms with Crippen LogP contribution in [0.15, 0.2) is 59.6 Å². The summed E-state index contributed by atoms with van der Waals surface area (Å²) in [7, 11) is 0. The molecule has 160 valence electrons. The molecule has 0 saturated heterocycles. The van der Waals surface area contributed by atoms with Gasteiger partial charge in [0.05, 0.1) is 17.5 Å². The maximum Gasteiger partial charge on any atom is 0.143 e.